The zero-order valence-corrected chi connectivity index (χ0v) is 13.7. The molecule has 0 radical (unpaired) electrons. The third-order valence-electron chi connectivity index (χ3n) is 2.37. The van der Waals surface area contributed by atoms with E-state index in [9.17, 15) is 4.39 Å². The summed E-state index contributed by atoms with van der Waals surface area (Å²) in [5, 5.41) is 0. The Bertz CT molecular complexity index is 364. The minimum atomic E-state index is -0.195. The first-order valence-corrected chi connectivity index (χ1v) is 5.64. The van der Waals surface area contributed by atoms with Gasteiger partial charge in [-0.05, 0) is 24.1 Å². The number of halogens is 2. The molecule has 1 aromatic rings. The van der Waals surface area contributed by atoms with E-state index in [0.29, 0.717) is 6.54 Å². The molecule has 0 aromatic heterocycles. The van der Waals surface area contributed by atoms with E-state index >= 15 is 0 Å². The van der Waals surface area contributed by atoms with E-state index in [0.717, 1.165) is 17.9 Å². The van der Waals surface area contributed by atoms with Gasteiger partial charge in [-0.15, -0.1) is 24.0 Å². The van der Waals surface area contributed by atoms with Crippen molar-refractivity contribution in [2.45, 2.75) is 6.42 Å². The van der Waals surface area contributed by atoms with Crippen LogP contribution in [0.2, 0.25) is 0 Å². The van der Waals surface area contributed by atoms with E-state index in [2.05, 4.69) is 4.99 Å². The van der Waals surface area contributed by atoms with E-state index in [1.807, 2.05) is 38.0 Å². The molecule has 0 saturated carbocycles. The van der Waals surface area contributed by atoms with E-state index in [1.165, 1.54) is 12.1 Å². The van der Waals surface area contributed by atoms with Gasteiger partial charge in [-0.3, -0.25) is 4.99 Å². The highest BCUT2D eigenvalue weighted by Crippen LogP contribution is 2.03. The minimum Gasteiger partial charge on any atom is -0.349 e. The van der Waals surface area contributed by atoms with Crippen molar-refractivity contribution in [1.29, 1.82) is 0 Å². The number of hydrogen-bond acceptors (Lipinski definition) is 1. The molecule has 0 spiro atoms. The smallest absolute Gasteiger partial charge is 0.195 e. The van der Waals surface area contributed by atoms with E-state index < -0.39 is 0 Å². The van der Waals surface area contributed by atoms with Crippen molar-refractivity contribution < 1.29 is 4.39 Å². The molecule has 0 unspecified atom stereocenters. The first-order chi connectivity index (χ1) is 8.00. The Balaban J connectivity index is 0.00000289. The van der Waals surface area contributed by atoms with Crippen molar-refractivity contribution in [2.24, 2.45) is 4.99 Å². The van der Waals surface area contributed by atoms with Crippen LogP contribution >= 0.6 is 24.0 Å². The molecule has 0 saturated heterocycles. The van der Waals surface area contributed by atoms with Gasteiger partial charge in [0.2, 0.25) is 0 Å². The van der Waals surface area contributed by atoms with Crippen molar-refractivity contribution in [2.75, 3.05) is 34.7 Å². The Morgan fingerprint density at radius 2 is 1.56 bits per heavy atom. The van der Waals surface area contributed by atoms with E-state index in [4.69, 9.17) is 0 Å². The van der Waals surface area contributed by atoms with Gasteiger partial charge in [-0.2, -0.15) is 0 Å². The van der Waals surface area contributed by atoms with Crippen LogP contribution in [0.1, 0.15) is 5.56 Å². The molecule has 0 aliphatic carbocycles. The van der Waals surface area contributed by atoms with Gasteiger partial charge in [-0.1, -0.05) is 12.1 Å². The normalized spacial score (nSPS) is 9.39. The summed E-state index contributed by atoms with van der Waals surface area (Å²) in [5.41, 5.74) is 1.10. The summed E-state index contributed by atoms with van der Waals surface area (Å²) < 4.78 is 12.7. The van der Waals surface area contributed by atoms with Crippen LogP contribution in [0.5, 0.6) is 0 Å². The van der Waals surface area contributed by atoms with Crippen LogP contribution in [0.3, 0.4) is 0 Å². The fourth-order valence-electron chi connectivity index (χ4n) is 1.62. The lowest BCUT2D eigenvalue weighted by Crippen LogP contribution is -2.35. The minimum absolute atomic E-state index is 0. The van der Waals surface area contributed by atoms with Crippen LogP contribution in [0.4, 0.5) is 4.39 Å². The zero-order valence-electron chi connectivity index (χ0n) is 11.4. The van der Waals surface area contributed by atoms with Crippen molar-refractivity contribution in [3.63, 3.8) is 0 Å². The summed E-state index contributed by atoms with van der Waals surface area (Å²) in [4.78, 5) is 8.47. The molecular formula is C13H21FIN3. The van der Waals surface area contributed by atoms with E-state index in [1.54, 1.807) is 12.1 Å². The molecular weight excluding hydrogens is 344 g/mol. The summed E-state index contributed by atoms with van der Waals surface area (Å²) in [5.74, 6) is 0.742. The van der Waals surface area contributed by atoms with E-state index in [-0.39, 0.29) is 29.8 Å². The monoisotopic (exact) mass is 365 g/mol. The van der Waals surface area contributed by atoms with Crippen LogP contribution in [-0.4, -0.2) is 50.5 Å². The second kappa shape index (κ2) is 8.29. The highest BCUT2D eigenvalue weighted by Gasteiger charge is 2.03. The SMILES string of the molecule is CN(C)C(=NCCc1ccc(F)cc1)N(C)C.I. The summed E-state index contributed by atoms with van der Waals surface area (Å²) in [6.07, 6.45) is 0.825. The number of hydrogen-bond donors (Lipinski definition) is 0. The quantitative estimate of drug-likeness (QED) is 0.466. The predicted octanol–water partition coefficient (Wildman–Crippen LogP) is 2.47. The van der Waals surface area contributed by atoms with Crippen LogP contribution < -0.4 is 0 Å². The Morgan fingerprint density at radius 1 is 1.06 bits per heavy atom. The predicted molar refractivity (Wildman–Crippen MR) is 85.2 cm³/mol. The maximum absolute atomic E-state index is 12.7. The van der Waals surface area contributed by atoms with Gasteiger partial charge in [0.1, 0.15) is 5.82 Å². The van der Waals surface area contributed by atoms with Gasteiger partial charge in [-0.25, -0.2) is 4.39 Å². The van der Waals surface area contributed by atoms with Crippen LogP contribution in [0, 0.1) is 5.82 Å². The van der Waals surface area contributed by atoms with Gasteiger partial charge in [0.25, 0.3) is 0 Å². The maximum Gasteiger partial charge on any atom is 0.195 e. The molecule has 0 aliphatic heterocycles. The summed E-state index contributed by atoms with van der Waals surface area (Å²) >= 11 is 0. The maximum atomic E-state index is 12.7. The summed E-state index contributed by atoms with van der Waals surface area (Å²) in [6, 6.07) is 6.57. The van der Waals surface area contributed by atoms with Gasteiger partial charge < -0.3 is 9.80 Å². The molecule has 0 aliphatic rings. The second-order valence-electron chi connectivity index (χ2n) is 4.35. The Kier molecular flexibility index (Phi) is 7.90. The van der Waals surface area contributed by atoms with Gasteiger partial charge >= 0.3 is 0 Å². The fraction of sp³-hybridized carbons (Fsp3) is 0.462. The first-order valence-electron chi connectivity index (χ1n) is 5.64. The average Bonchev–Trinajstić information content (AvgIpc) is 2.25. The highest BCUT2D eigenvalue weighted by molar-refractivity contribution is 14.0. The van der Waals surface area contributed by atoms with Crippen molar-refractivity contribution in [3.8, 4) is 0 Å². The Hall–Kier alpha value is -0.850. The van der Waals surface area contributed by atoms with Crippen molar-refractivity contribution >= 4 is 29.9 Å². The lowest BCUT2D eigenvalue weighted by atomic mass is 10.1. The third kappa shape index (κ3) is 5.66. The Labute approximate surface area is 126 Å². The lowest BCUT2D eigenvalue weighted by Gasteiger charge is -2.22. The topological polar surface area (TPSA) is 18.8 Å². The fourth-order valence-corrected chi connectivity index (χ4v) is 1.62. The standard InChI is InChI=1S/C13H20FN3.HI/c1-16(2)13(17(3)4)15-10-9-11-5-7-12(14)8-6-11;/h5-8H,9-10H2,1-4H3;1H. The molecule has 0 fully saturated rings. The lowest BCUT2D eigenvalue weighted by molar-refractivity contribution is 0.479. The summed E-state index contributed by atoms with van der Waals surface area (Å²) in [7, 11) is 7.88. The molecule has 0 atom stereocenters. The average molecular weight is 365 g/mol. The molecule has 0 N–H and O–H groups in total. The summed E-state index contributed by atoms with van der Waals surface area (Å²) in [6.45, 7) is 0.706. The molecule has 3 nitrogen and oxygen atoms in total. The number of benzene rings is 1. The van der Waals surface area contributed by atoms with Gasteiger partial charge in [0.05, 0.1) is 0 Å². The van der Waals surface area contributed by atoms with Gasteiger partial charge in [0, 0.05) is 34.7 Å². The molecule has 18 heavy (non-hydrogen) atoms. The molecule has 5 heteroatoms. The molecule has 0 amide bonds. The first kappa shape index (κ1) is 17.2. The largest absolute Gasteiger partial charge is 0.349 e. The second-order valence-corrected chi connectivity index (χ2v) is 4.35. The molecule has 0 heterocycles. The third-order valence-corrected chi connectivity index (χ3v) is 2.37. The van der Waals surface area contributed by atoms with Crippen LogP contribution in [-0.2, 0) is 6.42 Å². The van der Waals surface area contributed by atoms with Gasteiger partial charge in [0.15, 0.2) is 5.96 Å². The number of rotatable bonds is 3. The molecule has 102 valence electrons. The number of nitrogens with zero attached hydrogens (tertiary/aromatic N) is 3. The van der Waals surface area contributed by atoms with Crippen molar-refractivity contribution in [1.82, 2.24) is 9.80 Å². The zero-order chi connectivity index (χ0) is 12.8. The molecule has 1 rings (SSSR count). The van der Waals surface area contributed by atoms with Crippen LogP contribution in [0.15, 0.2) is 29.3 Å². The Morgan fingerprint density at radius 3 is 2.00 bits per heavy atom. The molecule has 1 aromatic carbocycles. The molecule has 0 bridgehead atoms. The van der Waals surface area contributed by atoms with Crippen LogP contribution in [0.25, 0.3) is 0 Å². The highest BCUT2D eigenvalue weighted by atomic mass is 127. The number of aliphatic imine (C=N–C) groups is 1. The number of guanidine groups is 1. The van der Waals surface area contributed by atoms with Crippen molar-refractivity contribution in [3.05, 3.63) is 35.6 Å².